The number of aromatic nitrogens is 2. The summed E-state index contributed by atoms with van der Waals surface area (Å²) in [7, 11) is 1.92. The number of rotatable bonds is 1. The van der Waals surface area contributed by atoms with E-state index in [-0.39, 0.29) is 18.1 Å². The fourth-order valence-corrected chi connectivity index (χ4v) is 3.90. The first-order valence-electron chi connectivity index (χ1n) is 6.83. The van der Waals surface area contributed by atoms with Crippen molar-refractivity contribution in [1.29, 1.82) is 0 Å². The van der Waals surface area contributed by atoms with Crippen LogP contribution in [0.3, 0.4) is 0 Å². The lowest BCUT2D eigenvalue weighted by Gasteiger charge is -2.35. The summed E-state index contributed by atoms with van der Waals surface area (Å²) in [4.78, 5) is 16.4. The quantitative estimate of drug-likeness (QED) is 0.810. The molecule has 3 heterocycles. The van der Waals surface area contributed by atoms with Crippen LogP contribution in [-0.4, -0.2) is 45.9 Å². The SMILES string of the molecule is Cc1nn(C)c2sc(C(=O)N3C[C@@H](C)O[C@H](C)C3)cc12. The lowest BCUT2D eigenvalue weighted by atomic mass is 10.2. The Morgan fingerprint density at radius 2 is 2.05 bits per heavy atom. The summed E-state index contributed by atoms with van der Waals surface area (Å²) in [6.07, 6.45) is 0.195. The van der Waals surface area contributed by atoms with Gasteiger partial charge in [-0.15, -0.1) is 11.3 Å². The van der Waals surface area contributed by atoms with Gasteiger partial charge in [-0.25, -0.2) is 0 Å². The van der Waals surface area contributed by atoms with Gasteiger partial charge in [0.2, 0.25) is 0 Å². The minimum absolute atomic E-state index is 0.0977. The number of fused-ring (bicyclic) bond motifs is 1. The molecule has 0 bridgehead atoms. The zero-order chi connectivity index (χ0) is 14.4. The van der Waals surface area contributed by atoms with Crippen molar-refractivity contribution in [2.45, 2.75) is 33.0 Å². The van der Waals surface area contributed by atoms with E-state index in [9.17, 15) is 4.79 Å². The number of thiophene rings is 1. The van der Waals surface area contributed by atoms with Crippen molar-refractivity contribution in [3.05, 3.63) is 16.6 Å². The molecular weight excluding hydrogens is 274 g/mol. The van der Waals surface area contributed by atoms with Crippen LogP contribution in [0, 0.1) is 6.92 Å². The molecule has 5 nitrogen and oxygen atoms in total. The molecule has 0 aliphatic carbocycles. The third-order valence-electron chi connectivity index (χ3n) is 3.61. The molecule has 0 saturated carbocycles. The van der Waals surface area contributed by atoms with Gasteiger partial charge in [0.05, 0.1) is 22.8 Å². The van der Waals surface area contributed by atoms with Crippen molar-refractivity contribution in [3.8, 4) is 0 Å². The Hall–Kier alpha value is -1.40. The number of ether oxygens (including phenoxy) is 1. The fraction of sp³-hybridized carbons (Fsp3) is 0.571. The molecule has 2 atom stereocenters. The normalized spacial score (nSPS) is 23.5. The van der Waals surface area contributed by atoms with Crippen LogP contribution in [0.2, 0.25) is 0 Å². The molecule has 1 amide bonds. The number of carbonyl (C=O) groups is 1. The van der Waals surface area contributed by atoms with Gasteiger partial charge >= 0.3 is 0 Å². The fourth-order valence-electron chi connectivity index (χ4n) is 2.81. The molecule has 0 unspecified atom stereocenters. The number of amides is 1. The first kappa shape index (κ1) is 13.6. The summed E-state index contributed by atoms with van der Waals surface area (Å²) in [5, 5.41) is 5.45. The Balaban J connectivity index is 1.90. The Morgan fingerprint density at radius 3 is 2.65 bits per heavy atom. The van der Waals surface area contributed by atoms with E-state index in [0.29, 0.717) is 13.1 Å². The Morgan fingerprint density at radius 1 is 1.40 bits per heavy atom. The first-order valence-corrected chi connectivity index (χ1v) is 7.65. The summed E-state index contributed by atoms with van der Waals surface area (Å²) < 4.78 is 7.52. The van der Waals surface area contributed by atoms with Gasteiger partial charge in [-0.2, -0.15) is 5.10 Å². The molecule has 0 radical (unpaired) electrons. The van der Waals surface area contributed by atoms with Crippen LogP contribution in [0.15, 0.2) is 6.07 Å². The molecule has 108 valence electrons. The smallest absolute Gasteiger partial charge is 0.264 e. The molecule has 1 fully saturated rings. The van der Waals surface area contributed by atoms with Gasteiger partial charge in [-0.05, 0) is 26.8 Å². The van der Waals surface area contributed by atoms with Crippen molar-refractivity contribution < 1.29 is 9.53 Å². The first-order chi connectivity index (χ1) is 9.45. The van der Waals surface area contributed by atoms with Crippen LogP contribution < -0.4 is 0 Å². The molecule has 1 aliphatic heterocycles. The second-order valence-corrected chi connectivity index (χ2v) is 6.54. The van der Waals surface area contributed by atoms with Crippen LogP contribution in [-0.2, 0) is 11.8 Å². The third kappa shape index (κ3) is 2.23. The standard InChI is InChI=1S/C14H19N3O2S/c1-8-6-17(7-9(2)19-8)13(18)12-5-11-10(3)15-16(4)14(11)20-12/h5,8-9H,6-7H2,1-4H3/t8-,9-/m1/s1. The van der Waals surface area contributed by atoms with Crippen molar-refractivity contribution in [3.63, 3.8) is 0 Å². The topological polar surface area (TPSA) is 47.4 Å². The largest absolute Gasteiger partial charge is 0.372 e. The van der Waals surface area contributed by atoms with Crippen molar-refractivity contribution >= 4 is 27.5 Å². The zero-order valence-corrected chi connectivity index (χ0v) is 13.0. The van der Waals surface area contributed by atoms with E-state index < -0.39 is 0 Å². The zero-order valence-electron chi connectivity index (χ0n) is 12.2. The van der Waals surface area contributed by atoms with Crippen LogP contribution in [0.4, 0.5) is 0 Å². The van der Waals surface area contributed by atoms with Crippen LogP contribution in [0.5, 0.6) is 0 Å². The second kappa shape index (κ2) is 4.86. The van der Waals surface area contributed by atoms with Crippen molar-refractivity contribution in [2.75, 3.05) is 13.1 Å². The minimum Gasteiger partial charge on any atom is -0.372 e. The van der Waals surface area contributed by atoms with Crippen LogP contribution in [0.1, 0.15) is 29.2 Å². The van der Waals surface area contributed by atoms with Gasteiger partial charge in [0.25, 0.3) is 5.91 Å². The van der Waals surface area contributed by atoms with E-state index in [0.717, 1.165) is 20.8 Å². The number of carbonyl (C=O) groups excluding carboxylic acids is 1. The molecule has 0 N–H and O–H groups in total. The van der Waals surface area contributed by atoms with Crippen LogP contribution in [0.25, 0.3) is 10.2 Å². The maximum absolute atomic E-state index is 12.6. The minimum atomic E-state index is 0.0977. The molecule has 1 aliphatic rings. The molecule has 3 rings (SSSR count). The highest BCUT2D eigenvalue weighted by molar-refractivity contribution is 7.20. The second-order valence-electron chi connectivity index (χ2n) is 5.51. The van der Waals surface area contributed by atoms with Gasteiger partial charge in [0, 0.05) is 25.5 Å². The van der Waals surface area contributed by atoms with Gasteiger partial charge in [-0.3, -0.25) is 9.48 Å². The monoisotopic (exact) mass is 293 g/mol. The summed E-state index contributed by atoms with van der Waals surface area (Å²) in [6.45, 7) is 7.31. The van der Waals surface area contributed by atoms with E-state index >= 15 is 0 Å². The Bertz CT molecular complexity index is 616. The predicted molar refractivity (Wildman–Crippen MR) is 79.2 cm³/mol. The number of hydrogen-bond acceptors (Lipinski definition) is 4. The third-order valence-corrected chi connectivity index (χ3v) is 4.80. The molecule has 6 heteroatoms. The maximum atomic E-state index is 12.6. The van der Waals surface area contributed by atoms with Crippen molar-refractivity contribution in [2.24, 2.45) is 7.05 Å². The molecule has 0 spiro atoms. The molecule has 20 heavy (non-hydrogen) atoms. The molecule has 0 aromatic carbocycles. The summed E-state index contributed by atoms with van der Waals surface area (Å²) in [6, 6.07) is 1.97. The molecular formula is C14H19N3O2S. The van der Waals surface area contributed by atoms with Gasteiger partial charge < -0.3 is 9.64 Å². The van der Waals surface area contributed by atoms with E-state index in [4.69, 9.17) is 4.74 Å². The van der Waals surface area contributed by atoms with E-state index in [2.05, 4.69) is 5.10 Å². The summed E-state index contributed by atoms with van der Waals surface area (Å²) in [5.74, 6) is 0.104. The number of hydrogen-bond donors (Lipinski definition) is 0. The average molecular weight is 293 g/mol. The van der Waals surface area contributed by atoms with Crippen LogP contribution >= 0.6 is 11.3 Å². The van der Waals surface area contributed by atoms with E-state index in [1.807, 2.05) is 43.5 Å². The lowest BCUT2D eigenvalue weighted by Crippen LogP contribution is -2.48. The summed E-state index contributed by atoms with van der Waals surface area (Å²) in [5.41, 5.74) is 0.974. The van der Waals surface area contributed by atoms with Gasteiger partial charge in [-0.1, -0.05) is 0 Å². The molecule has 2 aromatic heterocycles. The number of aryl methyl sites for hydroxylation is 2. The Kier molecular flexibility index (Phi) is 3.30. The predicted octanol–water partition coefficient (Wildman–Crippen LogP) is 2.19. The van der Waals surface area contributed by atoms with E-state index in [1.165, 1.54) is 11.3 Å². The molecule has 2 aromatic rings. The van der Waals surface area contributed by atoms with E-state index in [1.54, 1.807) is 0 Å². The highest BCUT2D eigenvalue weighted by Gasteiger charge is 2.28. The summed E-state index contributed by atoms with van der Waals surface area (Å²) >= 11 is 1.52. The number of nitrogens with zero attached hydrogens (tertiary/aromatic N) is 3. The molecule has 1 saturated heterocycles. The van der Waals surface area contributed by atoms with Gasteiger partial charge in [0.15, 0.2) is 0 Å². The lowest BCUT2D eigenvalue weighted by molar-refractivity contribution is -0.0585. The average Bonchev–Trinajstić information content (AvgIpc) is 2.90. The maximum Gasteiger partial charge on any atom is 0.264 e. The highest BCUT2D eigenvalue weighted by atomic mass is 32.1. The van der Waals surface area contributed by atoms with Crippen molar-refractivity contribution in [1.82, 2.24) is 14.7 Å². The number of morpholine rings is 1. The Labute approximate surface area is 122 Å². The van der Waals surface area contributed by atoms with Gasteiger partial charge in [0.1, 0.15) is 4.83 Å². The highest BCUT2D eigenvalue weighted by Crippen LogP contribution is 2.29.